The molecule has 0 radical (unpaired) electrons. The monoisotopic (exact) mass is 231 g/mol. The second-order valence-electron chi connectivity index (χ2n) is 6.29. The summed E-state index contributed by atoms with van der Waals surface area (Å²) in [6.07, 6.45) is 3.76. The van der Waals surface area contributed by atoms with Gasteiger partial charge in [0.1, 0.15) is 0 Å². The van der Waals surface area contributed by atoms with Crippen LogP contribution in [0.15, 0.2) is 24.3 Å². The highest BCUT2D eigenvalue weighted by atomic mass is 15.0. The maximum absolute atomic E-state index is 3.69. The van der Waals surface area contributed by atoms with Crippen molar-refractivity contribution in [1.82, 2.24) is 5.32 Å². The zero-order valence-electron chi connectivity index (χ0n) is 11.6. The average molecular weight is 231 g/mol. The largest absolute Gasteiger partial charge is 0.307 e. The second-order valence-corrected chi connectivity index (χ2v) is 6.29. The number of nitrogens with one attached hydrogen (secondary N) is 1. The van der Waals surface area contributed by atoms with Crippen molar-refractivity contribution in [3.63, 3.8) is 0 Å². The van der Waals surface area contributed by atoms with E-state index in [2.05, 4.69) is 57.3 Å². The van der Waals surface area contributed by atoms with Gasteiger partial charge in [-0.3, -0.25) is 0 Å². The van der Waals surface area contributed by atoms with Crippen molar-refractivity contribution in [1.29, 1.82) is 0 Å². The molecule has 1 aromatic carbocycles. The zero-order chi connectivity index (χ0) is 12.5. The normalized spacial score (nSPS) is 25.2. The molecule has 1 heteroatoms. The lowest BCUT2D eigenvalue weighted by molar-refractivity contribution is 0.376. The van der Waals surface area contributed by atoms with Crippen LogP contribution in [0, 0.1) is 0 Å². The highest BCUT2D eigenvalue weighted by molar-refractivity contribution is 5.32. The minimum absolute atomic E-state index is 0.246. The molecule has 1 heterocycles. The number of hydrogen-bond acceptors (Lipinski definition) is 1. The Morgan fingerprint density at radius 3 is 2.24 bits per heavy atom. The van der Waals surface area contributed by atoms with Crippen LogP contribution < -0.4 is 5.32 Å². The standard InChI is InChI=1S/C16H25N/c1-5-16(11-6-12-17-16)14-9-7-13(8-10-14)15(2,3)4/h7-10,17H,5-6,11-12H2,1-4H3. The summed E-state index contributed by atoms with van der Waals surface area (Å²) in [6.45, 7) is 10.3. The highest BCUT2D eigenvalue weighted by Crippen LogP contribution is 2.35. The number of benzene rings is 1. The first-order chi connectivity index (χ1) is 7.98. The van der Waals surface area contributed by atoms with Gasteiger partial charge >= 0.3 is 0 Å². The van der Waals surface area contributed by atoms with Gasteiger partial charge in [-0.05, 0) is 42.3 Å². The molecule has 0 bridgehead atoms. The lowest BCUT2D eigenvalue weighted by Crippen LogP contribution is -2.35. The Labute approximate surface area is 106 Å². The highest BCUT2D eigenvalue weighted by Gasteiger charge is 2.33. The third-order valence-electron chi connectivity index (χ3n) is 4.15. The first-order valence-corrected chi connectivity index (χ1v) is 6.84. The summed E-state index contributed by atoms with van der Waals surface area (Å²) in [4.78, 5) is 0. The Balaban J connectivity index is 2.28. The average Bonchev–Trinajstić information content (AvgIpc) is 2.78. The third kappa shape index (κ3) is 2.40. The van der Waals surface area contributed by atoms with Gasteiger partial charge < -0.3 is 5.32 Å². The zero-order valence-corrected chi connectivity index (χ0v) is 11.6. The first-order valence-electron chi connectivity index (χ1n) is 6.84. The van der Waals surface area contributed by atoms with Gasteiger partial charge in [0, 0.05) is 5.54 Å². The fourth-order valence-electron chi connectivity index (χ4n) is 2.85. The van der Waals surface area contributed by atoms with E-state index in [1.807, 2.05) is 0 Å². The summed E-state index contributed by atoms with van der Waals surface area (Å²) >= 11 is 0. The van der Waals surface area contributed by atoms with Crippen LogP contribution in [0.4, 0.5) is 0 Å². The predicted octanol–water partition coefficient (Wildman–Crippen LogP) is 3.97. The molecule has 1 aliphatic heterocycles. The summed E-state index contributed by atoms with van der Waals surface area (Å²) < 4.78 is 0. The molecule has 0 aliphatic carbocycles. The van der Waals surface area contributed by atoms with E-state index in [9.17, 15) is 0 Å². The van der Waals surface area contributed by atoms with E-state index >= 15 is 0 Å². The number of hydrogen-bond donors (Lipinski definition) is 1. The summed E-state index contributed by atoms with van der Waals surface area (Å²) in [6, 6.07) is 9.24. The van der Waals surface area contributed by atoms with E-state index in [4.69, 9.17) is 0 Å². The Hall–Kier alpha value is -0.820. The molecule has 1 fully saturated rings. The Morgan fingerprint density at radius 1 is 1.18 bits per heavy atom. The molecule has 1 atom stereocenters. The fourth-order valence-corrected chi connectivity index (χ4v) is 2.85. The van der Waals surface area contributed by atoms with Gasteiger partial charge in [-0.25, -0.2) is 0 Å². The molecule has 0 aromatic heterocycles. The van der Waals surface area contributed by atoms with Crippen LogP contribution in [0.1, 0.15) is 58.1 Å². The van der Waals surface area contributed by atoms with Crippen LogP contribution in [0.3, 0.4) is 0 Å². The smallest absolute Gasteiger partial charge is 0.0432 e. The van der Waals surface area contributed by atoms with Gasteiger partial charge in [0.15, 0.2) is 0 Å². The molecule has 1 saturated heterocycles. The molecule has 1 unspecified atom stereocenters. The van der Waals surface area contributed by atoms with Crippen molar-refractivity contribution in [3.8, 4) is 0 Å². The van der Waals surface area contributed by atoms with Crippen molar-refractivity contribution in [3.05, 3.63) is 35.4 Å². The molecule has 1 aromatic rings. The summed E-state index contributed by atoms with van der Waals surface area (Å²) in [5.41, 5.74) is 3.38. The maximum atomic E-state index is 3.69. The van der Waals surface area contributed by atoms with Gasteiger partial charge in [0.05, 0.1) is 0 Å². The predicted molar refractivity (Wildman–Crippen MR) is 74.3 cm³/mol. The van der Waals surface area contributed by atoms with E-state index in [1.165, 1.54) is 30.4 Å². The molecule has 94 valence electrons. The quantitative estimate of drug-likeness (QED) is 0.812. The summed E-state index contributed by atoms with van der Waals surface area (Å²) in [5.74, 6) is 0. The van der Waals surface area contributed by atoms with Gasteiger partial charge in [0.25, 0.3) is 0 Å². The minimum Gasteiger partial charge on any atom is -0.307 e. The molecular formula is C16H25N. The summed E-state index contributed by atoms with van der Waals surface area (Å²) in [7, 11) is 0. The van der Waals surface area contributed by atoms with Gasteiger partial charge in [-0.2, -0.15) is 0 Å². The van der Waals surface area contributed by atoms with Gasteiger partial charge in [0.2, 0.25) is 0 Å². The Morgan fingerprint density at radius 2 is 1.82 bits per heavy atom. The Kier molecular flexibility index (Phi) is 3.31. The SMILES string of the molecule is CCC1(c2ccc(C(C)(C)C)cc2)CCCN1. The second kappa shape index (κ2) is 4.45. The third-order valence-corrected chi connectivity index (χ3v) is 4.15. The van der Waals surface area contributed by atoms with E-state index in [0.29, 0.717) is 0 Å². The van der Waals surface area contributed by atoms with Crippen LogP contribution in [0.5, 0.6) is 0 Å². The van der Waals surface area contributed by atoms with Crippen molar-refractivity contribution in [2.45, 2.75) is 57.9 Å². The first kappa shape index (κ1) is 12.6. The molecule has 1 aliphatic rings. The van der Waals surface area contributed by atoms with Crippen LogP contribution in [-0.4, -0.2) is 6.54 Å². The lowest BCUT2D eigenvalue weighted by atomic mass is 9.82. The molecule has 1 N–H and O–H groups in total. The molecule has 1 nitrogen and oxygen atoms in total. The van der Waals surface area contributed by atoms with Crippen molar-refractivity contribution < 1.29 is 0 Å². The molecular weight excluding hydrogens is 206 g/mol. The van der Waals surface area contributed by atoms with Gasteiger partial charge in [-0.1, -0.05) is 52.0 Å². The van der Waals surface area contributed by atoms with Crippen LogP contribution >= 0.6 is 0 Å². The van der Waals surface area contributed by atoms with Crippen molar-refractivity contribution >= 4 is 0 Å². The van der Waals surface area contributed by atoms with Crippen LogP contribution in [0.2, 0.25) is 0 Å². The van der Waals surface area contributed by atoms with Crippen molar-refractivity contribution in [2.75, 3.05) is 6.54 Å². The van der Waals surface area contributed by atoms with Crippen LogP contribution in [-0.2, 0) is 11.0 Å². The van der Waals surface area contributed by atoms with E-state index in [0.717, 1.165) is 6.54 Å². The van der Waals surface area contributed by atoms with Crippen LogP contribution in [0.25, 0.3) is 0 Å². The molecule has 0 spiro atoms. The van der Waals surface area contributed by atoms with E-state index < -0.39 is 0 Å². The minimum atomic E-state index is 0.246. The Bertz CT molecular complexity index is 364. The lowest BCUT2D eigenvalue weighted by Gasteiger charge is -2.30. The molecule has 17 heavy (non-hydrogen) atoms. The fraction of sp³-hybridized carbons (Fsp3) is 0.625. The maximum Gasteiger partial charge on any atom is 0.0432 e. The molecule has 2 rings (SSSR count). The van der Waals surface area contributed by atoms with E-state index in [-0.39, 0.29) is 11.0 Å². The topological polar surface area (TPSA) is 12.0 Å². The number of rotatable bonds is 2. The summed E-state index contributed by atoms with van der Waals surface area (Å²) in [5, 5.41) is 3.69. The molecule has 0 saturated carbocycles. The molecule has 0 amide bonds. The van der Waals surface area contributed by atoms with E-state index in [1.54, 1.807) is 0 Å². The van der Waals surface area contributed by atoms with Gasteiger partial charge in [-0.15, -0.1) is 0 Å². The van der Waals surface area contributed by atoms with Crippen molar-refractivity contribution in [2.24, 2.45) is 0 Å².